The summed E-state index contributed by atoms with van der Waals surface area (Å²) in [5.41, 5.74) is 6.32. The highest BCUT2D eigenvalue weighted by molar-refractivity contribution is 6.23. The zero-order valence-corrected chi connectivity index (χ0v) is 16.9. The lowest BCUT2D eigenvalue weighted by Gasteiger charge is -2.13. The maximum atomic E-state index is 15.0. The van der Waals surface area contributed by atoms with Crippen LogP contribution in [-0.4, -0.2) is 28.4 Å². The molecule has 1 unspecified atom stereocenters. The number of hydrogen-bond acceptors (Lipinski definition) is 6. The van der Waals surface area contributed by atoms with Gasteiger partial charge in [-0.05, 0) is 24.6 Å². The highest BCUT2D eigenvalue weighted by Gasteiger charge is 2.24. The van der Waals surface area contributed by atoms with Gasteiger partial charge in [0.1, 0.15) is 11.6 Å². The molecular weight excluding hydrogens is 409 g/mol. The average Bonchev–Trinajstić information content (AvgIpc) is 2.88. The van der Waals surface area contributed by atoms with E-state index in [2.05, 4.69) is 16.5 Å². The fourth-order valence-electron chi connectivity index (χ4n) is 2.78. The minimum Gasteiger partial charge on any atom is -0.494 e. The third-order valence-electron chi connectivity index (χ3n) is 4.21. The Hall–Kier alpha value is -3.45. The highest BCUT2D eigenvalue weighted by atomic mass is 35.5. The van der Waals surface area contributed by atoms with Crippen LogP contribution in [-0.2, 0) is 11.2 Å². The molecule has 0 saturated heterocycles. The fourth-order valence-corrected chi connectivity index (χ4v) is 2.96. The van der Waals surface area contributed by atoms with Crippen LogP contribution in [0.1, 0.15) is 21.9 Å². The monoisotopic (exact) mass is 427 g/mol. The van der Waals surface area contributed by atoms with Crippen molar-refractivity contribution in [3.63, 3.8) is 0 Å². The molecule has 1 heterocycles. The molecule has 0 saturated carbocycles. The number of ether oxygens (including phenoxy) is 2. The molecular formula is C22H19ClFN3O3. The second-order valence-electron chi connectivity index (χ2n) is 6.22. The molecule has 6 nitrogen and oxygen atoms in total. The third kappa shape index (κ3) is 4.58. The number of nitrogen functional groups attached to an aromatic ring is 1. The molecule has 1 aromatic carbocycles. The number of methoxy groups -OCH3 is 1. The van der Waals surface area contributed by atoms with Gasteiger partial charge in [0, 0.05) is 5.56 Å². The molecule has 1 aromatic heterocycles. The molecule has 0 aliphatic heterocycles. The summed E-state index contributed by atoms with van der Waals surface area (Å²) in [7, 11) is 1.32. The van der Waals surface area contributed by atoms with Crippen molar-refractivity contribution in [3.8, 4) is 5.75 Å². The van der Waals surface area contributed by atoms with Crippen LogP contribution in [0.25, 0.3) is 5.57 Å². The van der Waals surface area contributed by atoms with E-state index in [0.29, 0.717) is 11.3 Å². The summed E-state index contributed by atoms with van der Waals surface area (Å²) >= 11 is 6.10. The first-order valence-electron chi connectivity index (χ1n) is 8.97. The van der Waals surface area contributed by atoms with E-state index in [0.717, 1.165) is 0 Å². The summed E-state index contributed by atoms with van der Waals surface area (Å²) in [6.45, 7) is 3.67. The molecule has 2 N–H and O–H groups in total. The number of hydrogen-bond donors (Lipinski definition) is 1. The van der Waals surface area contributed by atoms with Crippen molar-refractivity contribution in [3.05, 3.63) is 89.9 Å². The molecule has 1 aliphatic carbocycles. The van der Waals surface area contributed by atoms with Crippen molar-refractivity contribution >= 4 is 29.0 Å². The van der Waals surface area contributed by atoms with Crippen molar-refractivity contribution in [2.24, 2.45) is 0 Å². The van der Waals surface area contributed by atoms with Crippen LogP contribution in [0.5, 0.6) is 5.75 Å². The van der Waals surface area contributed by atoms with Gasteiger partial charge in [0.2, 0.25) is 0 Å². The SMILES string of the molecule is C=CCc1c(N)nc(C2=C(F)C(OC)=CC(Cl)C=C2)nc1C(=O)Oc1ccccc1. The molecule has 1 atom stereocenters. The largest absolute Gasteiger partial charge is 0.494 e. The van der Waals surface area contributed by atoms with Crippen molar-refractivity contribution in [1.29, 1.82) is 0 Å². The van der Waals surface area contributed by atoms with Gasteiger partial charge in [-0.25, -0.2) is 19.2 Å². The molecule has 8 heteroatoms. The number of para-hydroxylation sites is 1. The summed E-state index contributed by atoms with van der Waals surface area (Å²) < 4.78 is 25.5. The van der Waals surface area contributed by atoms with E-state index in [-0.39, 0.29) is 35.1 Å². The smallest absolute Gasteiger partial charge is 0.362 e. The lowest BCUT2D eigenvalue weighted by Crippen LogP contribution is -2.18. The van der Waals surface area contributed by atoms with E-state index in [1.165, 1.54) is 19.3 Å². The van der Waals surface area contributed by atoms with E-state index < -0.39 is 17.2 Å². The summed E-state index contributed by atoms with van der Waals surface area (Å²) in [5, 5.41) is -0.594. The molecule has 0 bridgehead atoms. The number of nitrogens with zero attached hydrogens (tertiary/aromatic N) is 2. The summed E-state index contributed by atoms with van der Waals surface area (Å²) in [4.78, 5) is 21.3. The predicted octanol–water partition coefficient (Wildman–Crippen LogP) is 4.39. The van der Waals surface area contributed by atoms with Crippen molar-refractivity contribution in [2.75, 3.05) is 12.8 Å². The Morgan fingerprint density at radius 3 is 2.73 bits per heavy atom. The number of esters is 1. The maximum absolute atomic E-state index is 15.0. The Morgan fingerprint density at radius 1 is 1.33 bits per heavy atom. The van der Waals surface area contributed by atoms with Crippen molar-refractivity contribution in [1.82, 2.24) is 9.97 Å². The molecule has 0 amide bonds. The Balaban J connectivity index is 2.11. The molecule has 0 radical (unpaired) electrons. The Bertz CT molecular complexity index is 1060. The summed E-state index contributed by atoms with van der Waals surface area (Å²) in [5.74, 6) is -1.29. The lowest BCUT2D eigenvalue weighted by atomic mass is 10.1. The molecule has 0 spiro atoms. The number of allylic oxidation sites excluding steroid dienone is 6. The Labute approximate surface area is 178 Å². The number of halogens is 2. The topological polar surface area (TPSA) is 87.3 Å². The van der Waals surface area contributed by atoms with E-state index in [1.54, 1.807) is 42.5 Å². The molecule has 2 aromatic rings. The quantitative estimate of drug-likeness (QED) is 0.318. The van der Waals surface area contributed by atoms with Gasteiger partial charge in [0.15, 0.2) is 23.1 Å². The van der Waals surface area contributed by atoms with Crippen LogP contribution < -0.4 is 10.5 Å². The zero-order valence-electron chi connectivity index (χ0n) is 16.1. The second kappa shape index (κ2) is 9.37. The maximum Gasteiger partial charge on any atom is 0.362 e. The lowest BCUT2D eigenvalue weighted by molar-refractivity contribution is 0.0727. The first-order chi connectivity index (χ1) is 14.4. The Morgan fingerprint density at radius 2 is 2.07 bits per heavy atom. The van der Waals surface area contributed by atoms with Gasteiger partial charge in [-0.15, -0.1) is 18.2 Å². The number of carbonyl (C=O) groups is 1. The minimum atomic E-state index is -0.746. The Kier molecular flexibility index (Phi) is 6.64. The number of benzene rings is 1. The summed E-state index contributed by atoms with van der Waals surface area (Å²) in [6.07, 6.45) is 6.16. The van der Waals surface area contributed by atoms with E-state index in [4.69, 9.17) is 26.8 Å². The average molecular weight is 428 g/mol. The van der Waals surface area contributed by atoms with Gasteiger partial charge in [-0.1, -0.05) is 36.4 Å². The number of anilines is 1. The van der Waals surface area contributed by atoms with Gasteiger partial charge in [-0.2, -0.15) is 0 Å². The van der Waals surface area contributed by atoms with Crippen LogP contribution in [0.3, 0.4) is 0 Å². The normalized spacial score (nSPS) is 16.0. The van der Waals surface area contributed by atoms with Crippen LogP contribution >= 0.6 is 11.6 Å². The standard InChI is InChI=1S/C22H19ClFN3O3/c1-3-7-16-19(22(28)30-14-8-5-4-6-9-14)26-21(27-20(16)25)15-11-10-13(23)12-17(29-2)18(15)24/h3-6,8-13H,1,7H2,2H3,(H2,25,26,27). The molecule has 3 rings (SSSR count). The fraction of sp³-hybridized carbons (Fsp3) is 0.136. The van der Waals surface area contributed by atoms with E-state index >= 15 is 4.39 Å². The van der Waals surface area contributed by atoms with Crippen molar-refractivity contribution < 1.29 is 18.7 Å². The van der Waals surface area contributed by atoms with Crippen LogP contribution in [0.4, 0.5) is 10.2 Å². The van der Waals surface area contributed by atoms with Crippen LogP contribution in [0.2, 0.25) is 0 Å². The number of rotatable bonds is 6. The number of alkyl halides is 1. The first kappa shape index (κ1) is 21.3. The zero-order chi connectivity index (χ0) is 21.7. The molecule has 0 fully saturated rings. The van der Waals surface area contributed by atoms with Gasteiger partial charge in [0.05, 0.1) is 18.1 Å². The van der Waals surface area contributed by atoms with Crippen LogP contribution in [0, 0.1) is 0 Å². The van der Waals surface area contributed by atoms with Crippen LogP contribution in [0.15, 0.2) is 72.8 Å². The van der Waals surface area contributed by atoms with Gasteiger partial charge in [-0.3, -0.25) is 0 Å². The number of aromatic nitrogens is 2. The molecule has 154 valence electrons. The third-order valence-corrected chi connectivity index (χ3v) is 4.48. The number of nitrogens with two attached hydrogens (primary N) is 1. The van der Waals surface area contributed by atoms with E-state index in [9.17, 15) is 4.79 Å². The van der Waals surface area contributed by atoms with Gasteiger partial charge in [0.25, 0.3) is 0 Å². The van der Waals surface area contributed by atoms with E-state index in [1.807, 2.05) is 0 Å². The van der Waals surface area contributed by atoms with Crippen molar-refractivity contribution in [2.45, 2.75) is 11.8 Å². The minimum absolute atomic E-state index is 0.0168. The number of carbonyl (C=O) groups excluding carboxylic acids is 1. The predicted molar refractivity (Wildman–Crippen MR) is 114 cm³/mol. The first-order valence-corrected chi connectivity index (χ1v) is 9.41. The highest BCUT2D eigenvalue weighted by Crippen LogP contribution is 2.30. The molecule has 1 aliphatic rings. The van der Waals surface area contributed by atoms with Gasteiger partial charge < -0.3 is 15.2 Å². The summed E-state index contributed by atoms with van der Waals surface area (Å²) in [6, 6.07) is 8.50. The second-order valence-corrected chi connectivity index (χ2v) is 6.73. The molecule has 30 heavy (non-hydrogen) atoms. The van der Waals surface area contributed by atoms with Gasteiger partial charge >= 0.3 is 5.97 Å².